The second-order valence-corrected chi connectivity index (χ2v) is 8.86. The lowest BCUT2D eigenvalue weighted by molar-refractivity contribution is -0.130. The number of hydrogen-bond acceptors (Lipinski definition) is 3. The van der Waals surface area contributed by atoms with E-state index in [1.54, 1.807) is 30.1 Å². The number of halogens is 1. The number of hydrogen-bond donors (Lipinski definition) is 1. The van der Waals surface area contributed by atoms with Gasteiger partial charge in [-0.25, -0.2) is 13.1 Å². The molecule has 1 N–H and O–H groups in total. The van der Waals surface area contributed by atoms with Crippen molar-refractivity contribution in [2.24, 2.45) is 0 Å². The predicted molar refractivity (Wildman–Crippen MR) is 106 cm³/mol. The van der Waals surface area contributed by atoms with Crippen molar-refractivity contribution in [2.75, 3.05) is 13.6 Å². The van der Waals surface area contributed by atoms with Gasteiger partial charge in [0.05, 0.1) is 4.90 Å². The average Bonchev–Trinajstić information content (AvgIpc) is 2.59. The molecule has 0 atom stereocenters. The fraction of sp³-hybridized carbons (Fsp3) is 0.316. The first-order valence-electron chi connectivity index (χ1n) is 8.25. The Kier molecular flexibility index (Phi) is 6.97. The zero-order valence-corrected chi connectivity index (χ0v) is 17.5. The number of benzene rings is 2. The highest BCUT2D eigenvalue weighted by molar-refractivity contribution is 9.10. The van der Waals surface area contributed by atoms with Crippen molar-refractivity contribution in [3.05, 3.63) is 63.6 Å². The minimum Gasteiger partial charge on any atom is -0.341 e. The maximum Gasteiger partial charge on any atom is 0.240 e. The molecule has 0 aliphatic rings. The summed E-state index contributed by atoms with van der Waals surface area (Å²) in [6, 6.07) is 12.7. The van der Waals surface area contributed by atoms with E-state index in [-0.39, 0.29) is 23.8 Å². The van der Waals surface area contributed by atoms with E-state index in [0.29, 0.717) is 6.54 Å². The Bertz CT molecular complexity index is 897. The van der Waals surface area contributed by atoms with Crippen molar-refractivity contribution in [1.29, 1.82) is 0 Å². The average molecular weight is 439 g/mol. The zero-order valence-electron chi connectivity index (χ0n) is 15.1. The number of carbonyl (C=O) groups excluding carboxylic acids is 1. The van der Waals surface area contributed by atoms with E-state index in [1.165, 1.54) is 0 Å². The summed E-state index contributed by atoms with van der Waals surface area (Å²) in [4.78, 5) is 14.1. The van der Waals surface area contributed by atoms with Crippen molar-refractivity contribution < 1.29 is 13.2 Å². The molecular weight excluding hydrogens is 416 g/mol. The van der Waals surface area contributed by atoms with Crippen LogP contribution in [0.5, 0.6) is 0 Å². The van der Waals surface area contributed by atoms with Crippen LogP contribution in [0.3, 0.4) is 0 Å². The summed E-state index contributed by atoms with van der Waals surface area (Å²) in [5, 5.41) is 0. The van der Waals surface area contributed by atoms with Crippen LogP contribution in [0.1, 0.15) is 23.1 Å². The van der Waals surface area contributed by atoms with Crippen LogP contribution in [0.15, 0.2) is 51.8 Å². The number of rotatable bonds is 7. The lowest BCUT2D eigenvalue weighted by Gasteiger charge is -2.18. The molecule has 1 amide bonds. The Balaban J connectivity index is 1.90. The lowest BCUT2D eigenvalue weighted by atomic mass is 10.1. The first-order chi connectivity index (χ1) is 12.2. The first kappa shape index (κ1) is 20.6. The fourth-order valence-electron chi connectivity index (χ4n) is 2.42. The number of carbonyl (C=O) groups is 1. The molecule has 0 radical (unpaired) electrons. The molecule has 0 aromatic heterocycles. The third kappa shape index (κ3) is 5.40. The number of nitrogens with one attached hydrogen (secondary N) is 1. The van der Waals surface area contributed by atoms with Crippen LogP contribution in [0.2, 0.25) is 0 Å². The van der Waals surface area contributed by atoms with E-state index in [4.69, 9.17) is 0 Å². The number of nitrogens with zero attached hydrogens (tertiary/aromatic N) is 1. The standard InChI is InChI=1S/C19H23BrN2O3S/c1-14-8-9-17(12-15(14)2)26(24,25)21-11-10-19(23)22(3)13-16-6-4-5-7-18(16)20/h4-9,12,21H,10-11,13H2,1-3H3. The highest BCUT2D eigenvalue weighted by Gasteiger charge is 2.16. The summed E-state index contributed by atoms with van der Waals surface area (Å²) in [6.07, 6.45) is 0.102. The van der Waals surface area contributed by atoms with Crippen LogP contribution in [0, 0.1) is 13.8 Å². The largest absolute Gasteiger partial charge is 0.341 e. The van der Waals surface area contributed by atoms with Gasteiger partial charge in [-0.2, -0.15) is 0 Å². The van der Waals surface area contributed by atoms with Gasteiger partial charge in [-0.1, -0.05) is 40.2 Å². The summed E-state index contributed by atoms with van der Waals surface area (Å²) >= 11 is 3.46. The van der Waals surface area contributed by atoms with Gasteiger partial charge in [0.25, 0.3) is 0 Å². The molecule has 5 nitrogen and oxygen atoms in total. The highest BCUT2D eigenvalue weighted by atomic mass is 79.9. The Labute approximate surface area is 163 Å². The maximum absolute atomic E-state index is 12.3. The SMILES string of the molecule is Cc1ccc(S(=O)(=O)NCCC(=O)N(C)Cc2ccccc2Br)cc1C. The number of aryl methyl sites for hydroxylation is 2. The van der Waals surface area contributed by atoms with Crippen LogP contribution in [-0.4, -0.2) is 32.8 Å². The molecule has 0 spiro atoms. The molecule has 2 aromatic carbocycles. The van der Waals surface area contributed by atoms with E-state index in [9.17, 15) is 13.2 Å². The van der Waals surface area contributed by atoms with Gasteiger partial charge in [0.2, 0.25) is 15.9 Å². The number of amides is 1. The summed E-state index contributed by atoms with van der Waals surface area (Å²) in [6.45, 7) is 4.33. The molecule has 0 bridgehead atoms. The van der Waals surface area contributed by atoms with Crippen LogP contribution < -0.4 is 4.72 Å². The summed E-state index contributed by atoms with van der Waals surface area (Å²) in [5.74, 6) is -0.122. The van der Waals surface area contributed by atoms with Crippen LogP contribution in [-0.2, 0) is 21.4 Å². The molecular formula is C19H23BrN2O3S. The van der Waals surface area contributed by atoms with Crippen LogP contribution in [0.25, 0.3) is 0 Å². The zero-order chi connectivity index (χ0) is 19.3. The second-order valence-electron chi connectivity index (χ2n) is 6.24. The van der Waals surface area contributed by atoms with Gasteiger partial charge in [0, 0.05) is 31.0 Å². The fourth-order valence-corrected chi connectivity index (χ4v) is 3.94. The molecule has 26 heavy (non-hydrogen) atoms. The third-order valence-electron chi connectivity index (χ3n) is 4.21. The summed E-state index contributed by atoms with van der Waals surface area (Å²) in [7, 11) is -1.91. The van der Waals surface area contributed by atoms with Gasteiger partial charge in [-0.15, -0.1) is 0 Å². The predicted octanol–water partition coefficient (Wildman–Crippen LogP) is 3.39. The van der Waals surface area contributed by atoms with E-state index in [0.717, 1.165) is 21.2 Å². The van der Waals surface area contributed by atoms with Gasteiger partial charge < -0.3 is 4.90 Å². The van der Waals surface area contributed by atoms with Crippen molar-refractivity contribution in [3.63, 3.8) is 0 Å². The van der Waals surface area contributed by atoms with Gasteiger partial charge in [0.1, 0.15) is 0 Å². The molecule has 7 heteroatoms. The molecule has 0 fully saturated rings. The van der Waals surface area contributed by atoms with Crippen LogP contribution >= 0.6 is 15.9 Å². The number of sulfonamides is 1. The topological polar surface area (TPSA) is 66.5 Å². The molecule has 0 aliphatic heterocycles. The van der Waals surface area contributed by atoms with E-state index in [1.807, 2.05) is 38.1 Å². The van der Waals surface area contributed by atoms with Crippen molar-refractivity contribution in [1.82, 2.24) is 9.62 Å². The second kappa shape index (κ2) is 8.79. The molecule has 0 saturated carbocycles. The molecule has 140 valence electrons. The molecule has 2 aromatic rings. The summed E-state index contributed by atoms with van der Waals surface area (Å²) < 4.78 is 28.1. The Morgan fingerprint density at radius 1 is 1.12 bits per heavy atom. The molecule has 0 saturated heterocycles. The monoisotopic (exact) mass is 438 g/mol. The Morgan fingerprint density at radius 3 is 2.46 bits per heavy atom. The smallest absolute Gasteiger partial charge is 0.240 e. The quantitative estimate of drug-likeness (QED) is 0.719. The van der Waals surface area contributed by atoms with E-state index in [2.05, 4.69) is 20.7 Å². The molecule has 0 heterocycles. The minimum atomic E-state index is -3.61. The Hall–Kier alpha value is -1.70. The first-order valence-corrected chi connectivity index (χ1v) is 10.5. The maximum atomic E-state index is 12.3. The van der Waals surface area contributed by atoms with Gasteiger partial charge in [-0.3, -0.25) is 4.79 Å². The van der Waals surface area contributed by atoms with Gasteiger partial charge in [-0.05, 0) is 48.7 Å². The van der Waals surface area contributed by atoms with Crippen molar-refractivity contribution >= 4 is 31.9 Å². The van der Waals surface area contributed by atoms with Gasteiger partial charge >= 0.3 is 0 Å². The van der Waals surface area contributed by atoms with Gasteiger partial charge in [0.15, 0.2) is 0 Å². The Morgan fingerprint density at radius 2 is 1.81 bits per heavy atom. The van der Waals surface area contributed by atoms with Crippen LogP contribution in [0.4, 0.5) is 0 Å². The molecule has 0 aliphatic carbocycles. The normalized spacial score (nSPS) is 11.4. The third-order valence-corrected chi connectivity index (χ3v) is 6.44. The molecule has 0 unspecified atom stereocenters. The van der Waals surface area contributed by atoms with Crippen molar-refractivity contribution in [2.45, 2.75) is 31.7 Å². The van der Waals surface area contributed by atoms with E-state index < -0.39 is 10.0 Å². The lowest BCUT2D eigenvalue weighted by Crippen LogP contribution is -2.32. The summed E-state index contributed by atoms with van der Waals surface area (Å²) in [5.41, 5.74) is 2.95. The minimum absolute atomic E-state index is 0.0639. The molecule has 2 rings (SSSR count). The highest BCUT2D eigenvalue weighted by Crippen LogP contribution is 2.18. The van der Waals surface area contributed by atoms with Crippen molar-refractivity contribution in [3.8, 4) is 0 Å². The van der Waals surface area contributed by atoms with E-state index >= 15 is 0 Å².